The highest BCUT2D eigenvalue weighted by atomic mass is 16.5. The van der Waals surface area contributed by atoms with Crippen LogP contribution in [-0.2, 0) is 9.47 Å². The fourth-order valence-corrected chi connectivity index (χ4v) is 2.10. The van der Waals surface area contributed by atoms with Gasteiger partial charge < -0.3 is 18.9 Å². The predicted molar refractivity (Wildman–Crippen MR) is 69.3 cm³/mol. The smallest absolute Gasteiger partial charge is 0.236 e. The lowest BCUT2D eigenvalue weighted by atomic mass is 9.91. The van der Waals surface area contributed by atoms with Crippen LogP contribution in [0.4, 0.5) is 0 Å². The zero-order valence-electron chi connectivity index (χ0n) is 11.6. The molecule has 0 heterocycles. The summed E-state index contributed by atoms with van der Waals surface area (Å²) in [4.78, 5) is 24.8. The Morgan fingerprint density at radius 2 is 1.35 bits per heavy atom. The SMILES string of the molecule is COC1=C(OC)C(=O)c2c(OC)cc(OC)cc2C1=O. The number of ether oxygens (including phenoxy) is 4. The molecule has 0 bridgehead atoms. The Labute approximate surface area is 115 Å². The van der Waals surface area contributed by atoms with Crippen LogP contribution in [0.15, 0.2) is 23.7 Å². The summed E-state index contributed by atoms with van der Waals surface area (Å²) in [5, 5.41) is 0. The third-order valence-electron chi connectivity index (χ3n) is 3.03. The first-order chi connectivity index (χ1) is 9.58. The lowest BCUT2D eigenvalue weighted by Gasteiger charge is -2.21. The Balaban J connectivity index is 2.75. The van der Waals surface area contributed by atoms with Crippen LogP contribution < -0.4 is 9.47 Å². The molecule has 0 amide bonds. The molecule has 0 atom stereocenters. The van der Waals surface area contributed by atoms with Crippen molar-refractivity contribution in [3.8, 4) is 11.5 Å². The number of carbonyl (C=O) groups excluding carboxylic acids is 2. The molecule has 2 rings (SSSR count). The van der Waals surface area contributed by atoms with E-state index in [4.69, 9.17) is 18.9 Å². The molecule has 0 saturated carbocycles. The van der Waals surface area contributed by atoms with E-state index >= 15 is 0 Å². The highest BCUT2D eigenvalue weighted by Crippen LogP contribution is 2.36. The molecule has 1 aromatic rings. The van der Waals surface area contributed by atoms with Crippen molar-refractivity contribution in [1.82, 2.24) is 0 Å². The maximum atomic E-state index is 12.4. The number of methoxy groups -OCH3 is 4. The van der Waals surface area contributed by atoms with Crippen molar-refractivity contribution in [1.29, 1.82) is 0 Å². The minimum atomic E-state index is -0.460. The van der Waals surface area contributed by atoms with Crippen LogP contribution in [0.3, 0.4) is 0 Å². The number of ketones is 2. The van der Waals surface area contributed by atoms with Crippen LogP contribution in [0, 0.1) is 0 Å². The van der Waals surface area contributed by atoms with Crippen molar-refractivity contribution < 1.29 is 28.5 Å². The molecule has 6 nitrogen and oxygen atoms in total. The maximum Gasteiger partial charge on any atom is 0.236 e. The van der Waals surface area contributed by atoms with E-state index in [9.17, 15) is 9.59 Å². The lowest BCUT2D eigenvalue weighted by Crippen LogP contribution is -2.24. The van der Waals surface area contributed by atoms with Crippen LogP contribution >= 0.6 is 0 Å². The molecule has 1 aromatic carbocycles. The van der Waals surface area contributed by atoms with Crippen molar-refractivity contribution >= 4 is 11.6 Å². The first-order valence-electron chi connectivity index (χ1n) is 5.76. The highest BCUT2D eigenvalue weighted by molar-refractivity contribution is 6.26. The van der Waals surface area contributed by atoms with E-state index < -0.39 is 11.6 Å². The van der Waals surface area contributed by atoms with E-state index in [0.29, 0.717) is 5.75 Å². The summed E-state index contributed by atoms with van der Waals surface area (Å²) in [6.45, 7) is 0. The van der Waals surface area contributed by atoms with Gasteiger partial charge in [0.1, 0.15) is 11.5 Å². The molecule has 20 heavy (non-hydrogen) atoms. The number of rotatable bonds is 4. The van der Waals surface area contributed by atoms with Gasteiger partial charge in [0.05, 0.1) is 34.0 Å². The number of benzene rings is 1. The van der Waals surface area contributed by atoms with Crippen LogP contribution in [0.5, 0.6) is 11.5 Å². The van der Waals surface area contributed by atoms with E-state index in [0.717, 1.165) is 0 Å². The number of carbonyl (C=O) groups is 2. The predicted octanol–water partition coefficient (Wildman–Crippen LogP) is 1.59. The Morgan fingerprint density at radius 1 is 0.750 bits per heavy atom. The number of hydrogen-bond donors (Lipinski definition) is 0. The van der Waals surface area contributed by atoms with Crippen LogP contribution in [0.1, 0.15) is 20.7 Å². The van der Waals surface area contributed by atoms with Gasteiger partial charge in [-0.3, -0.25) is 9.59 Å². The molecule has 0 radical (unpaired) electrons. The molecule has 106 valence electrons. The highest BCUT2D eigenvalue weighted by Gasteiger charge is 2.37. The molecule has 0 fully saturated rings. The molecule has 0 aliphatic heterocycles. The first kappa shape index (κ1) is 13.9. The van der Waals surface area contributed by atoms with Crippen molar-refractivity contribution in [2.24, 2.45) is 0 Å². The Bertz CT molecular complexity index is 614. The van der Waals surface area contributed by atoms with Crippen LogP contribution in [-0.4, -0.2) is 40.0 Å². The van der Waals surface area contributed by atoms with Crippen molar-refractivity contribution in [2.75, 3.05) is 28.4 Å². The molecule has 0 N–H and O–H groups in total. The van der Waals surface area contributed by atoms with Crippen molar-refractivity contribution in [3.63, 3.8) is 0 Å². The second-order valence-electron chi connectivity index (χ2n) is 3.98. The van der Waals surface area contributed by atoms with E-state index in [1.54, 1.807) is 0 Å². The Hall–Kier alpha value is -2.50. The monoisotopic (exact) mass is 278 g/mol. The normalized spacial score (nSPS) is 14.0. The van der Waals surface area contributed by atoms with Gasteiger partial charge in [0, 0.05) is 11.6 Å². The number of Topliss-reactive ketones (excluding diaryl/α,β-unsaturated/α-hetero) is 2. The van der Waals surface area contributed by atoms with E-state index in [-0.39, 0.29) is 28.4 Å². The summed E-state index contributed by atoms with van der Waals surface area (Å²) in [6, 6.07) is 3.01. The molecule has 1 aliphatic rings. The fraction of sp³-hybridized carbons (Fsp3) is 0.286. The Kier molecular flexibility index (Phi) is 3.65. The zero-order valence-corrected chi connectivity index (χ0v) is 11.6. The van der Waals surface area contributed by atoms with Gasteiger partial charge in [-0.1, -0.05) is 0 Å². The van der Waals surface area contributed by atoms with Crippen molar-refractivity contribution in [2.45, 2.75) is 0 Å². The summed E-state index contributed by atoms with van der Waals surface area (Å²) in [5.41, 5.74) is 0.319. The lowest BCUT2D eigenvalue weighted by molar-refractivity contribution is 0.0826. The van der Waals surface area contributed by atoms with Gasteiger partial charge in [-0.2, -0.15) is 0 Å². The zero-order chi connectivity index (χ0) is 14.9. The summed E-state index contributed by atoms with van der Waals surface area (Å²) in [7, 11) is 5.49. The van der Waals surface area contributed by atoms with Crippen molar-refractivity contribution in [3.05, 3.63) is 34.8 Å². The third kappa shape index (κ3) is 1.89. The topological polar surface area (TPSA) is 71.1 Å². The van der Waals surface area contributed by atoms with Gasteiger partial charge in [0.25, 0.3) is 0 Å². The summed E-state index contributed by atoms with van der Waals surface area (Å²) in [5.74, 6) is -0.496. The first-order valence-corrected chi connectivity index (χ1v) is 5.76. The van der Waals surface area contributed by atoms with Gasteiger partial charge in [-0.05, 0) is 6.07 Å². The molecule has 0 saturated heterocycles. The van der Waals surface area contributed by atoms with Gasteiger partial charge in [-0.25, -0.2) is 0 Å². The van der Waals surface area contributed by atoms with E-state index in [1.807, 2.05) is 0 Å². The second-order valence-corrected chi connectivity index (χ2v) is 3.98. The summed E-state index contributed by atoms with van der Waals surface area (Å²) >= 11 is 0. The Morgan fingerprint density at radius 3 is 1.85 bits per heavy atom. The molecule has 6 heteroatoms. The fourth-order valence-electron chi connectivity index (χ4n) is 2.10. The maximum absolute atomic E-state index is 12.4. The number of allylic oxidation sites excluding steroid dienone is 2. The van der Waals surface area contributed by atoms with Gasteiger partial charge in [0.15, 0.2) is 0 Å². The average molecular weight is 278 g/mol. The standard InChI is InChI=1S/C14H14O6/c1-17-7-5-8-10(9(6-7)18-2)12(16)14(20-4)13(19-3)11(8)15/h5-6H,1-4H3. The molecular formula is C14H14O6. The van der Waals surface area contributed by atoms with E-state index in [2.05, 4.69) is 0 Å². The minimum Gasteiger partial charge on any atom is -0.497 e. The van der Waals surface area contributed by atoms with Gasteiger partial charge in [0.2, 0.25) is 23.1 Å². The average Bonchev–Trinajstić information content (AvgIpc) is 2.48. The van der Waals surface area contributed by atoms with Gasteiger partial charge >= 0.3 is 0 Å². The van der Waals surface area contributed by atoms with E-state index in [1.165, 1.54) is 40.6 Å². The number of hydrogen-bond acceptors (Lipinski definition) is 6. The second kappa shape index (κ2) is 5.24. The summed E-state index contributed by atoms with van der Waals surface area (Å²) in [6.07, 6.45) is 0. The molecule has 1 aliphatic carbocycles. The number of fused-ring (bicyclic) bond motifs is 1. The van der Waals surface area contributed by atoms with Gasteiger partial charge in [-0.15, -0.1) is 0 Å². The minimum absolute atomic E-state index is 0.125. The molecular weight excluding hydrogens is 264 g/mol. The molecule has 0 aromatic heterocycles. The van der Waals surface area contributed by atoms with Crippen LogP contribution in [0.2, 0.25) is 0 Å². The summed E-state index contributed by atoms with van der Waals surface area (Å²) < 4.78 is 20.2. The molecule has 0 unspecified atom stereocenters. The quantitative estimate of drug-likeness (QED) is 0.833. The largest absolute Gasteiger partial charge is 0.497 e. The third-order valence-corrected chi connectivity index (χ3v) is 3.03. The molecule has 0 spiro atoms. The van der Waals surface area contributed by atoms with Crippen LogP contribution in [0.25, 0.3) is 0 Å².